The maximum absolute atomic E-state index is 5.92. The summed E-state index contributed by atoms with van der Waals surface area (Å²) in [5.74, 6) is 0. The molecule has 4 nitrogen and oxygen atoms in total. The van der Waals surface area contributed by atoms with Crippen molar-refractivity contribution in [2.24, 2.45) is 0 Å². The molecule has 1 aliphatic rings. The number of morpholine rings is 1. The third kappa shape index (κ3) is 4.31. The van der Waals surface area contributed by atoms with Gasteiger partial charge in [0.25, 0.3) is 0 Å². The molecule has 5 heteroatoms. The number of aromatic nitrogens is 1. The average molecular weight is 315 g/mol. The highest BCUT2D eigenvalue weighted by molar-refractivity contribution is 9.10. The highest BCUT2D eigenvalue weighted by Crippen LogP contribution is 2.15. The number of hydrogen-bond donors (Lipinski definition) is 1. The summed E-state index contributed by atoms with van der Waals surface area (Å²) >= 11 is 3.36. The Morgan fingerprint density at radius 3 is 3.06 bits per heavy atom. The molecule has 100 valence electrons. The normalized spacial score (nSPS) is 22.9. The molecular weight excluding hydrogens is 296 g/mol. The molecule has 0 saturated carbocycles. The summed E-state index contributed by atoms with van der Waals surface area (Å²) in [5.41, 5.74) is 0.823. The third-order valence-electron chi connectivity index (χ3n) is 2.75. The van der Waals surface area contributed by atoms with Gasteiger partial charge >= 0.3 is 0 Å². The smallest absolute Gasteiger partial charge is 0.0940 e. The highest BCUT2D eigenvalue weighted by Gasteiger charge is 2.28. The van der Waals surface area contributed by atoms with Crippen molar-refractivity contribution >= 4 is 15.9 Å². The van der Waals surface area contributed by atoms with Crippen LogP contribution in [0.5, 0.6) is 0 Å². The maximum atomic E-state index is 5.92. The second-order valence-electron chi connectivity index (χ2n) is 5.11. The fourth-order valence-electron chi connectivity index (χ4n) is 1.95. The first-order chi connectivity index (χ1) is 8.55. The van der Waals surface area contributed by atoms with Gasteiger partial charge in [-0.2, -0.15) is 0 Å². The molecule has 0 aliphatic carbocycles. The van der Waals surface area contributed by atoms with Crippen molar-refractivity contribution in [3.05, 3.63) is 28.5 Å². The van der Waals surface area contributed by atoms with E-state index in [9.17, 15) is 0 Å². The summed E-state index contributed by atoms with van der Waals surface area (Å²) in [5, 5.41) is 3.35. The molecule has 1 aromatic rings. The molecule has 1 saturated heterocycles. The zero-order chi connectivity index (χ0) is 13.0. The van der Waals surface area contributed by atoms with Crippen molar-refractivity contribution in [2.45, 2.75) is 32.2 Å². The SMILES string of the molecule is CC1(C)CNCC(COCc2ccc(Br)cn2)O1. The lowest BCUT2D eigenvalue weighted by atomic mass is 10.1. The Balaban J connectivity index is 1.73. The lowest BCUT2D eigenvalue weighted by molar-refractivity contribution is -0.122. The van der Waals surface area contributed by atoms with Gasteiger partial charge in [0, 0.05) is 23.8 Å². The molecule has 0 bridgehead atoms. The van der Waals surface area contributed by atoms with Crippen LogP contribution >= 0.6 is 15.9 Å². The summed E-state index contributed by atoms with van der Waals surface area (Å²) in [4.78, 5) is 4.26. The molecule has 2 heterocycles. The van der Waals surface area contributed by atoms with Crippen molar-refractivity contribution in [3.8, 4) is 0 Å². The van der Waals surface area contributed by atoms with E-state index in [-0.39, 0.29) is 11.7 Å². The molecule has 1 unspecified atom stereocenters. The number of nitrogens with one attached hydrogen (secondary N) is 1. The van der Waals surface area contributed by atoms with Crippen LogP contribution in [0.2, 0.25) is 0 Å². The van der Waals surface area contributed by atoms with E-state index in [0.717, 1.165) is 23.3 Å². The van der Waals surface area contributed by atoms with E-state index in [0.29, 0.717) is 13.2 Å². The van der Waals surface area contributed by atoms with Gasteiger partial charge in [-0.3, -0.25) is 4.98 Å². The first-order valence-electron chi connectivity index (χ1n) is 6.12. The number of pyridine rings is 1. The van der Waals surface area contributed by atoms with Crippen LogP contribution in [0.1, 0.15) is 19.5 Å². The van der Waals surface area contributed by atoms with E-state index in [1.165, 1.54) is 0 Å². The molecule has 0 amide bonds. The van der Waals surface area contributed by atoms with Gasteiger partial charge in [-0.25, -0.2) is 0 Å². The fraction of sp³-hybridized carbons (Fsp3) is 0.615. The Morgan fingerprint density at radius 2 is 2.39 bits per heavy atom. The van der Waals surface area contributed by atoms with Crippen LogP contribution in [0.3, 0.4) is 0 Å². The molecule has 1 fully saturated rings. The molecule has 1 aromatic heterocycles. The largest absolute Gasteiger partial charge is 0.372 e. The molecule has 0 radical (unpaired) electrons. The minimum Gasteiger partial charge on any atom is -0.372 e. The summed E-state index contributed by atoms with van der Waals surface area (Å²) in [7, 11) is 0. The number of ether oxygens (including phenoxy) is 2. The second kappa shape index (κ2) is 6.10. The van der Waals surface area contributed by atoms with Gasteiger partial charge in [-0.05, 0) is 41.9 Å². The monoisotopic (exact) mass is 314 g/mol. The number of halogens is 1. The van der Waals surface area contributed by atoms with E-state index in [4.69, 9.17) is 9.47 Å². The van der Waals surface area contributed by atoms with Gasteiger partial charge in [0.15, 0.2) is 0 Å². The van der Waals surface area contributed by atoms with Crippen LogP contribution in [0.15, 0.2) is 22.8 Å². The van der Waals surface area contributed by atoms with Gasteiger partial charge in [0.2, 0.25) is 0 Å². The minimum absolute atomic E-state index is 0.109. The number of hydrogen-bond acceptors (Lipinski definition) is 4. The van der Waals surface area contributed by atoms with Crippen LogP contribution in [0.4, 0.5) is 0 Å². The minimum atomic E-state index is -0.109. The van der Waals surface area contributed by atoms with Crippen molar-refractivity contribution in [1.29, 1.82) is 0 Å². The van der Waals surface area contributed by atoms with E-state index < -0.39 is 0 Å². The molecule has 1 aliphatic heterocycles. The fourth-order valence-corrected chi connectivity index (χ4v) is 2.18. The molecule has 0 spiro atoms. The Bertz CT molecular complexity index is 381. The summed E-state index contributed by atoms with van der Waals surface area (Å²) < 4.78 is 12.5. The first kappa shape index (κ1) is 13.9. The predicted octanol–water partition coefficient (Wildman–Crippen LogP) is 2.13. The Kier molecular flexibility index (Phi) is 4.72. The van der Waals surface area contributed by atoms with E-state index in [1.54, 1.807) is 6.20 Å². The van der Waals surface area contributed by atoms with Gasteiger partial charge in [-0.1, -0.05) is 0 Å². The van der Waals surface area contributed by atoms with Crippen LogP contribution < -0.4 is 5.32 Å². The van der Waals surface area contributed by atoms with Gasteiger partial charge in [0.1, 0.15) is 0 Å². The van der Waals surface area contributed by atoms with Crippen LogP contribution in [0.25, 0.3) is 0 Å². The summed E-state index contributed by atoms with van der Waals surface area (Å²) in [6, 6.07) is 3.92. The van der Waals surface area contributed by atoms with E-state index in [2.05, 4.69) is 40.1 Å². The zero-order valence-corrected chi connectivity index (χ0v) is 12.4. The molecule has 1 atom stereocenters. The molecule has 0 aromatic carbocycles. The average Bonchev–Trinajstić information content (AvgIpc) is 2.30. The highest BCUT2D eigenvalue weighted by atomic mass is 79.9. The van der Waals surface area contributed by atoms with Crippen LogP contribution in [-0.2, 0) is 16.1 Å². The third-order valence-corrected chi connectivity index (χ3v) is 3.22. The van der Waals surface area contributed by atoms with Gasteiger partial charge < -0.3 is 14.8 Å². The summed E-state index contributed by atoms with van der Waals surface area (Å²) in [6.45, 7) is 7.02. The summed E-state index contributed by atoms with van der Waals surface area (Å²) in [6.07, 6.45) is 1.89. The quantitative estimate of drug-likeness (QED) is 0.924. The molecule has 2 rings (SSSR count). The standard InChI is InChI=1S/C13H19BrN2O2/c1-13(2)9-15-6-12(18-13)8-17-7-11-4-3-10(14)5-16-11/h3-5,12,15H,6-9H2,1-2H3. The van der Waals surface area contributed by atoms with Crippen LogP contribution in [0, 0.1) is 0 Å². The Morgan fingerprint density at radius 1 is 1.56 bits per heavy atom. The van der Waals surface area contributed by atoms with Crippen molar-refractivity contribution in [2.75, 3.05) is 19.7 Å². The Hall–Kier alpha value is -0.490. The first-order valence-corrected chi connectivity index (χ1v) is 6.91. The van der Waals surface area contributed by atoms with Crippen molar-refractivity contribution < 1.29 is 9.47 Å². The van der Waals surface area contributed by atoms with E-state index >= 15 is 0 Å². The van der Waals surface area contributed by atoms with E-state index in [1.807, 2.05) is 12.1 Å². The topological polar surface area (TPSA) is 43.4 Å². The molecule has 1 N–H and O–H groups in total. The lowest BCUT2D eigenvalue weighted by Crippen LogP contribution is -2.51. The predicted molar refractivity (Wildman–Crippen MR) is 73.4 cm³/mol. The number of nitrogens with zero attached hydrogens (tertiary/aromatic N) is 1. The second-order valence-corrected chi connectivity index (χ2v) is 6.03. The Labute approximate surface area is 116 Å². The van der Waals surface area contributed by atoms with Gasteiger partial charge in [-0.15, -0.1) is 0 Å². The number of rotatable bonds is 4. The van der Waals surface area contributed by atoms with Crippen LogP contribution in [-0.4, -0.2) is 36.4 Å². The van der Waals surface area contributed by atoms with Crippen molar-refractivity contribution in [1.82, 2.24) is 10.3 Å². The molecular formula is C13H19BrN2O2. The van der Waals surface area contributed by atoms with Crippen molar-refractivity contribution in [3.63, 3.8) is 0 Å². The lowest BCUT2D eigenvalue weighted by Gasteiger charge is -2.36. The molecule has 18 heavy (non-hydrogen) atoms. The van der Waals surface area contributed by atoms with Gasteiger partial charge in [0.05, 0.1) is 30.6 Å². The zero-order valence-electron chi connectivity index (χ0n) is 10.8. The maximum Gasteiger partial charge on any atom is 0.0940 e.